The van der Waals surface area contributed by atoms with Crippen LogP contribution in [0.3, 0.4) is 0 Å². The Balaban J connectivity index is 1.80. The zero-order valence-electron chi connectivity index (χ0n) is 10.8. The molecule has 1 atom stereocenters. The quantitative estimate of drug-likeness (QED) is 0.772. The molecule has 20 heavy (non-hydrogen) atoms. The van der Waals surface area contributed by atoms with E-state index in [-0.39, 0.29) is 11.8 Å². The molecule has 0 saturated carbocycles. The van der Waals surface area contributed by atoms with Gasteiger partial charge in [0, 0.05) is 13.1 Å². The van der Waals surface area contributed by atoms with Crippen LogP contribution in [0, 0.1) is 0 Å². The summed E-state index contributed by atoms with van der Waals surface area (Å²) in [6.45, 7) is 1.14. The Labute approximate surface area is 116 Å². The van der Waals surface area contributed by atoms with Gasteiger partial charge in [0.15, 0.2) is 5.82 Å². The summed E-state index contributed by atoms with van der Waals surface area (Å²) in [4.78, 5) is 19.7. The monoisotopic (exact) mass is 269 g/mol. The molecule has 0 saturated heterocycles. The maximum atomic E-state index is 11.4. The zero-order chi connectivity index (χ0) is 13.9. The van der Waals surface area contributed by atoms with E-state index in [1.807, 2.05) is 30.3 Å². The highest BCUT2D eigenvalue weighted by molar-refractivity contribution is 5.88. The average molecular weight is 269 g/mol. The molecule has 3 rings (SSSR count). The van der Waals surface area contributed by atoms with Crippen LogP contribution in [-0.4, -0.2) is 22.4 Å². The summed E-state index contributed by atoms with van der Waals surface area (Å²) in [7, 11) is 0. The molecule has 1 aromatic heterocycles. The fourth-order valence-electron chi connectivity index (χ4n) is 2.29. The SMILES string of the molecule is NC(=O)C1CNc2c(NCc3ccccc3)ncnc21. The highest BCUT2D eigenvalue weighted by Gasteiger charge is 2.30. The molecular formula is C14H15N5O. The minimum Gasteiger partial charge on any atom is -0.379 e. The molecule has 0 fully saturated rings. The number of carbonyl (C=O) groups is 1. The van der Waals surface area contributed by atoms with Gasteiger partial charge in [0.2, 0.25) is 5.91 Å². The van der Waals surface area contributed by atoms with Crippen molar-refractivity contribution < 1.29 is 4.79 Å². The van der Waals surface area contributed by atoms with Gasteiger partial charge < -0.3 is 16.4 Å². The van der Waals surface area contributed by atoms with Crippen LogP contribution >= 0.6 is 0 Å². The maximum absolute atomic E-state index is 11.4. The summed E-state index contributed by atoms with van der Waals surface area (Å²) >= 11 is 0. The molecule has 6 heteroatoms. The van der Waals surface area contributed by atoms with E-state index >= 15 is 0 Å². The van der Waals surface area contributed by atoms with Crippen LogP contribution in [0.4, 0.5) is 11.5 Å². The number of carbonyl (C=O) groups excluding carboxylic acids is 1. The van der Waals surface area contributed by atoms with E-state index < -0.39 is 0 Å². The van der Waals surface area contributed by atoms with Crippen molar-refractivity contribution in [3.63, 3.8) is 0 Å². The number of nitrogens with two attached hydrogens (primary N) is 1. The average Bonchev–Trinajstić information content (AvgIpc) is 2.91. The van der Waals surface area contributed by atoms with Crippen molar-refractivity contribution in [1.82, 2.24) is 9.97 Å². The molecule has 0 bridgehead atoms. The van der Waals surface area contributed by atoms with Crippen LogP contribution in [0.5, 0.6) is 0 Å². The fourth-order valence-corrected chi connectivity index (χ4v) is 2.29. The van der Waals surface area contributed by atoms with Crippen LogP contribution in [0.25, 0.3) is 0 Å². The van der Waals surface area contributed by atoms with Crippen molar-refractivity contribution in [1.29, 1.82) is 0 Å². The molecule has 1 aliphatic rings. The minimum absolute atomic E-state index is 0.371. The lowest BCUT2D eigenvalue weighted by atomic mass is 10.1. The predicted octanol–water partition coefficient (Wildman–Crippen LogP) is 1.08. The second-order valence-electron chi connectivity index (χ2n) is 4.66. The van der Waals surface area contributed by atoms with Gasteiger partial charge in [-0.25, -0.2) is 9.97 Å². The normalized spacial score (nSPS) is 16.3. The van der Waals surface area contributed by atoms with Gasteiger partial charge in [-0.3, -0.25) is 4.79 Å². The summed E-state index contributed by atoms with van der Waals surface area (Å²) in [5, 5.41) is 6.40. The highest BCUT2D eigenvalue weighted by atomic mass is 16.1. The Hall–Kier alpha value is -2.63. The van der Waals surface area contributed by atoms with Crippen molar-refractivity contribution in [3.05, 3.63) is 47.9 Å². The summed E-state index contributed by atoms with van der Waals surface area (Å²) in [6, 6.07) is 10.0. The van der Waals surface area contributed by atoms with Gasteiger partial charge in [0.25, 0.3) is 0 Å². The van der Waals surface area contributed by atoms with Crippen LogP contribution in [0.1, 0.15) is 17.2 Å². The lowest BCUT2D eigenvalue weighted by Gasteiger charge is -2.10. The number of fused-ring (bicyclic) bond motifs is 1. The Morgan fingerprint density at radius 2 is 2.15 bits per heavy atom. The van der Waals surface area contributed by atoms with Gasteiger partial charge in [-0.2, -0.15) is 0 Å². The van der Waals surface area contributed by atoms with Crippen LogP contribution in [0.2, 0.25) is 0 Å². The molecule has 4 N–H and O–H groups in total. The zero-order valence-corrected chi connectivity index (χ0v) is 10.8. The molecule has 2 aromatic rings. The van der Waals surface area contributed by atoms with Gasteiger partial charge in [0.05, 0.1) is 17.3 Å². The number of primary amides is 1. The van der Waals surface area contributed by atoms with E-state index in [1.165, 1.54) is 6.33 Å². The Morgan fingerprint density at radius 3 is 2.90 bits per heavy atom. The third kappa shape index (κ3) is 2.27. The number of amides is 1. The Morgan fingerprint density at radius 1 is 1.35 bits per heavy atom. The van der Waals surface area contributed by atoms with E-state index in [9.17, 15) is 4.79 Å². The lowest BCUT2D eigenvalue weighted by Crippen LogP contribution is -2.23. The largest absolute Gasteiger partial charge is 0.379 e. The summed E-state index contributed by atoms with van der Waals surface area (Å²) < 4.78 is 0. The molecule has 6 nitrogen and oxygen atoms in total. The second-order valence-corrected chi connectivity index (χ2v) is 4.66. The Bertz CT molecular complexity index is 629. The molecule has 1 aromatic carbocycles. The molecule has 1 amide bonds. The van der Waals surface area contributed by atoms with Crippen LogP contribution < -0.4 is 16.4 Å². The minimum atomic E-state index is -0.384. The standard InChI is InChI=1S/C14H15N5O/c15-13(20)10-7-16-12-11(10)18-8-19-14(12)17-6-9-4-2-1-3-5-9/h1-5,8,10,16H,6-7H2,(H2,15,20)(H,17,18,19). The van der Waals surface area contributed by atoms with Crippen LogP contribution in [-0.2, 0) is 11.3 Å². The number of rotatable bonds is 4. The number of hydrogen-bond donors (Lipinski definition) is 3. The highest BCUT2D eigenvalue weighted by Crippen LogP contribution is 2.33. The first kappa shape index (κ1) is 12.4. The Kier molecular flexibility index (Phi) is 3.20. The van der Waals surface area contributed by atoms with Crippen molar-refractivity contribution in [2.45, 2.75) is 12.5 Å². The first-order valence-electron chi connectivity index (χ1n) is 6.41. The molecular weight excluding hydrogens is 254 g/mol. The van der Waals surface area contributed by atoms with E-state index in [4.69, 9.17) is 5.73 Å². The number of hydrogen-bond acceptors (Lipinski definition) is 5. The molecule has 102 valence electrons. The maximum Gasteiger partial charge on any atom is 0.228 e. The summed E-state index contributed by atoms with van der Waals surface area (Å²) in [5.41, 5.74) is 7.96. The van der Waals surface area contributed by atoms with E-state index in [0.29, 0.717) is 24.6 Å². The molecule has 1 unspecified atom stereocenters. The van der Waals surface area contributed by atoms with Crippen molar-refractivity contribution in [3.8, 4) is 0 Å². The first-order chi connectivity index (χ1) is 9.75. The summed E-state index contributed by atoms with van der Waals surface area (Å²) in [5.74, 6) is -0.0585. The smallest absolute Gasteiger partial charge is 0.228 e. The van der Waals surface area contributed by atoms with Gasteiger partial charge in [0.1, 0.15) is 6.33 Å². The third-order valence-corrected chi connectivity index (χ3v) is 3.34. The molecule has 1 aliphatic heterocycles. The number of aromatic nitrogens is 2. The van der Waals surface area contributed by atoms with Crippen molar-refractivity contribution in [2.75, 3.05) is 17.2 Å². The lowest BCUT2D eigenvalue weighted by molar-refractivity contribution is -0.119. The predicted molar refractivity (Wildman–Crippen MR) is 76.2 cm³/mol. The van der Waals surface area contributed by atoms with E-state index in [1.54, 1.807) is 0 Å². The molecule has 0 spiro atoms. The van der Waals surface area contributed by atoms with Gasteiger partial charge in [-0.1, -0.05) is 30.3 Å². The molecule has 0 radical (unpaired) electrons. The van der Waals surface area contributed by atoms with E-state index in [2.05, 4.69) is 20.6 Å². The molecule has 0 aliphatic carbocycles. The van der Waals surface area contributed by atoms with Gasteiger partial charge in [-0.15, -0.1) is 0 Å². The molecule has 2 heterocycles. The van der Waals surface area contributed by atoms with E-state index in [0.717, 1.165) is 11.3 Å². The number of anilines is 2. The third-order valence-electron chi connectivity index (χ3n) is 3.34. The topological polar surface area (TPSA) is 92.9 Å². The second kappa shape index (κ2) is 5.16. The summed E-state index contributed by atoms with van der Waals surface area (Å²) in [6.07, 6.45) is 1.45. The first-order valence-corrected chi connectivity index (χ1v) is 6.41. The number of nitrogens with one attached hydrogen (secondary N) is 2. The fraction of sp³-hybridized carbons (Fsp3) is 0.214. The van der Waals surface area contributed by atoms with Gasteiger partial charge >= 0.3 is 0 Å². The van der Waals surface area contributed by atoms with Crippen molar-refractivity contribution in [2.24, 2.45) is 5.73 Å². The van der Waals surface area contributed by atoms with Gasteiger partial charge in [-0.05, 0) is 5.56 Å². The number of benzene rings is 1. The van der Waals surface area contributed by atoms with Crippen LogP contribution in [0.15, 0.2) is 36.7 Å². The van der Waals surface area contributed by atoms with Crippen molar-refractivity contribution >= 4 is 17.4 Å². The number of nitrogens with zero attached hydrogens (tertiary/aromatic N) is 2.